The van der Waals surface area contributed by atoms with Crippen LogP contribution in [0.25, 0.3) is 0 Å². The third-order valence-electron chi connectivity index (χ3n) is 6.42. The average molecular weight is 621 g/mol. The molecule has 4 rings (SSSR count). The van der Waals surface area contributed by atoms with Crippen molar-refractivity contribution in [3.05, 3.63) is 131 Å². The topological polar surface area (TPSA) is 86.8 Å². The summed E-state index contributed by atoms with van der Waals surface area (Å²) >= 11 is 3.41. The summed E-state index contributed by atoms with van der Waals surface area (Å²) in [5.74, 6) is -0.846. The van der Waals surface area contributed by atoms with E-state index in [0.29, 0.717) is 10.2 Å². The highest BCUT2D eigenvalue weighted by atomic mass is 79.9. The van der Waals surface area contributed by atoms with Gasteiger partial charge in [-0.1, -0.05) is 101 Å². The van der Waals surface area contributed by atoms with E-state index in [1.54, 1.807) is 42.5 Å². The fraction of sp³-hybridized carbons (Fsp3) is 0.161. The lowest BCUT2D eigenvalue weighted by atomic mass is 10.0. The number of sulfonamides is 1. The number of carbonyl (C=O) groups is 2. The molecular formula is C31H30BrN3O4S. The van der Waals surface area contributed by atoms with Crippen molar-refractivity contribution in [2.45, 2.75) is 23.9 Å². The molecular weight excluding hydrogens is 590 g/mol. The molecule has 0 spiro atoms. The molecule has 1 N–H and O–H groups in total. The van der Waals surface area contributed by atoms with Crippen LogP contribution >= 0.6 is 15.9 Å². The van der Waals surface area contributed by atoms with Gasteiger partial charge in [-0.05, 0) is 41.5 Å². The van der Waals surface area contributed by atoms with Crippen LogP contribution in [0, 0.1) is 0 Å². The Bertz CT molecular complexity index is 1530. The second kappa shape index (κ2) is 13.4. The molecule has 0 bridgehead atoms. The van der Waals surface area contributed by atoms with Gasteiger partial charge in [0, 0.05) is 24.5 Å². The van der Waals surface area contributed by atoms with Gasteiger partial charge < -0.3 is 10.2 Å². The van der Waals surface area contributed by atoms with Gasteiger partial charge in [-0.15, -0.1) is 0 Å². The molecule has 2 amide bonds. The summed E-state index contributed by atoms with van der Waals surface area (Å²) in [7, 11) is -2.59. The number of hydrogen-bond acceptors (Lipinski definition) is 4. The van der Waals surface area contributed by atoms with Gasteiger partial charge in [0.2, 0.25) is 11.8 Å². The SMILES string of the molecule is CNC(=O)[C@H](Cc1ccccc1)N(Cc1ccccc1)C(=O)CN(c1cccc(Br)c1)S(=O)(=O)c1ccccc1. The van der Waals surface area contributed by atoms with Crippen molar-refractivity contribution in [2.75, 3.05) is 17.9 Å². The van der Waals surface area contributed by atoms with Crippen molar-refractivity contribution in [2.24, 2.45) is 0 Å². The van der Waals surface area contributed by atoms with Crippen LogP contribution in [0.1, 0.15) is 11.1 Å². The maximum Gasteiger partial charge on any atom is 0.264 e. The molecule has 0 fully saturated rings. The highest BCUT2D eigenvalue weighted by Crippen LogP contribution is 2.27. The zero-order valence-electron chi connectivity index (χ0n) is 22.0. The number of amides is 2. The molecule has 9 heteroatoms. The number of carbonyl (C=O) groups excluding carboxylic acids is 2. The van der Waals surface area contributed by atoms with Crippen molar-refractivity contribution < 1.29 is 18.0 Å². The van der Waals surface area contributed by atoms with Crippen LogP contribution in [0.2, 0.25) is 0 Å². The van der Waals surface area contributed by atoms with Crippen molar-refractivity contribution in [3.8, 4) is 0 Å². The Morgan fingerprint density at radius 2 is 1.38 bits per heavy atom. The van der Waals surface area contributed by atoms with E-state index in [9.17, 15) is 18.0 Å². The van der Waals surface area contributed by atoms with Crippen LogP contribution < -0.4 is 9.62 Å². The predicted molar refractivity (Wildman–Crippen MR) is 160 cm³/mol. The third kappa shape index (κ3) is 7.16. The van der Waals surface area contributed by atoms with Crippen LogP contribution in [-0.2, 0) is 32.6 Å². The summed E-state index contributed by atoms with van der Waals surface area (Å²) in [5.41, 5.74) is 2.02. The number of benzene rings is 4. The van der Waals surface area contributed by atoms with E-state index in [0.717, 1.165) is 15.4 Å². The van der Waals surface area contributed by atoms with Gasteiger partial charge in [-0.25, -0.2) is 8.42 Å². The molecule has 4 aromatic carbocycles. The summed E-state index contributed by atoms with van der Waals surface area (Å²) < 4.78 is 29.5. The molecule has 206 valence electrons. The van der Waals surface area contributed by atoms with E-state index in [1.807, 2.05) is 60.7 Å². The van der Waals surface area contributed by atoms with Crippen molar-refractivity contribution in [1.29, 1.82) is 0 Å². The highest BCUT2D eigenvalue weighted by molar-refractivity contribution is 9.10. The molecule has 0 heterocycles. The fourth-order valence-corrected chi connectivity index (χ4v) is 6.19. The molecule has 0 saturated heterocycles. The molecule has 0 aliphatic carbocycles. The number of likely N-dealkylation sites (N-methyl/N-ethyl adjacent to an activating group) is 1. The summed E-state index contributed by atoms with van der Waals surface area (Å²) in [6, 6.07) is 32.7. The van der Waals surface area contributed by atoms with Gasteiger partial charge in [-0.3, -0.25) is 13.9 Å². The second-order valence-electron chi connectivity index (χ2n) is 9.13. The maximum absolute atomic E-state index is 14.2. The van der Waals surface area contributed by atoms with Gasteiger partial charge in [0.15, 0.2) is 0 Å². The zero-order valence-corrected chi connectivity index (χ0v) is 24.4. The quantitative estimate of drug-likeness (QED) is 0.255. The standard InChI is InChI=1S/C31H30BrN3O4S/c1-33-31(37)29(20-24-12-5-2-6-13-24)34(22-25-14-7-3-8-15-25)30(36)23-35(27-17-11-16-26(32)21-27)40(38,39)28-18-9-4-10-19-28/h2-19,21,29H,20,22-23H2,1H3,(H,33,37)/t29-/m0/s1. The van der Waals surface area contributed by atoms with Crippen molar-refractivity contribution in [3.63, 3.8) is 0 Å². The first-order chi connectivity index (χ1) is 19.3. The first-order valence-corrected chi connectivity index (χ1v) is 14.9. The Morgan fingerprint density at radius 3 is 1.95 bits per heavy atom. The molecule has 7 nitrogen and oxygen atoms in total. The van der Waals surface area contributed by atoms with Crippen LogP contribution in [-0.4, -0.2) is 44.8 Å². The minimum Gasteiger partial charge on any atom is -0.357 e. The minimum absolute atomic E-state index is 0.0597. The highest BCUT2D eigenvalue weighted by Gasteiger charge is 2.34. The van der Waals surface area contributed by atoms with Crippen LogP contribution in [0.15, 0.2) is 125 Å². The van der Waals surface area contributed by atoms with Crippen LogP contribution in [0.3, 0.4) is 0 Å². The average Bonchev–Trinajstić information content (AvgIpc) is 2.98. The summed E-state index contributed by atoms with van der Waals surface area (Å²) in [6.45, 7) is -0.370. The number of hydrogen-bond donors (Lipinski definition) is 1. The summed E-state index contributed by atoms with van der Waals surface area (Å²) in [5, 5.41) is 2.68. The largest absolute Gasteiger partial charge is 0.357 e. The molecule has 0 radical (unpaired) electrons. The Morgan fingerprint density at radius 1 is 0.800 bits per heavy atom. The van der Waals surface area contributed by atoms with Crippen LogP contribution in [0.5, 0.6) is 0 Å². The molecule has 4 aromatic rings. The Balaban J connectivity index is 1.77. The van der Waals surface area contributed by atoms with E-state index < -0.39 is 28.5 Å². The third-order valence-corrected chi connectivity index (χ3v) is 8.70. The number of halogens is 1. The molecule has 0 saturated carbocycles. The minimum atomic E-state index is -4.12. The Hall–Kier alpha value is -3.95. The predicted octanol–water partition coefficient (Wildman–Crippen LogP) is 5.03. The van der Waals surface area contributed by atoms with Gasteiger partial charge in [-0.2, -0.15) is 0 Å². The van der Waals surface area contributed by atoms with E-state index in [-0.39, 0.29) is 23.8 Å². The van der Waals surface area contributed by atoms with Gasteiger partial charge in [0.1, 0.15) is 12.6 Å². The van der Waals surface area contributed by atoms with Gasteiger partial charge in [0.25, 0.3) is 10.0 Å². The summed E-state index contributed by atoms with van der Waals surface area (Å²) in [6.07, 6.45) is 0.265. The number of rotatable bonds is 11. The molecule has 0 aliphatic rings. The first-order valence-electron chi connectivity index (χ1n) is 12.7. The van der Waals surface area contributed by atoms with Crippen molar-refractivity contribution >= 4 is 43.5 Å². The van der Waals surface area contributed by atoms with Gasteiger partial charge in [0.05, 0.1) is 10.6 Å². The molecule has 1 atom stereocenters. The second-order valence-corrected chi connectivity index (χ2v) is 11.9. The number of nitrogens with zero attached hydrogens (tertiary/aromatic N) is 2. The fourth-order valence-electron chi connectivity index (χ4n) is 4.38. The Kier molecular flexibility index (Phi) is 9.74. The Labute approximate surface area is 243 Å². The first kappa shape index (κ1) is 29.0. The molecule has 0 aromatic heterocycles. The van der Waals surface area contributed by atoms with Gasteiger partial charge >= 0.3 is 0 Å². The zero-order chi connectivity index (χ0) is 28.5. The van der Waals surface area contributed by atoms with E-state index in [1.165, 1.54) is 24.1 Å². The lowest BCUT2D eigenvalue weighted by Crippen LogP contribution is -2.53. The van der Waals surface area contributed by atoms with E-state index in [2.05, 4.69) is 21.2 Å². The molecule has 0 aliphatic heterocycles. The maximum atomic E-state index is 14.2. The van der Waals surface area contributed by atoms with Crippen LogP contribution in [0.4, 0.5) is 5.69 Å². The molecule has 0 unspecified atom stereocenters. The number of nitrogens with one attached hydrogen (secondary N) is 1. The summed E-state index contributed by atoms with van der Waals surface area (Å²) in [4.78, 5) is 28.9. The van der Waals surface area contributed by atoms with Crippen molar-refractivity contribution in [1.82, 2.24) is 10.2 Å². The van der Waals surface area contributed by atoms with E-state index in [4.69, 9.17) is 0 Å². The molecule has 40 heavy (non-hydrogen) atoms. The van der Waals surface area contributed by atoms with E-state index >= 15 is 0 Å². The normalized spacial score (nSPS) is 11.8. The lowest BCUT2D eigenvalue weighted by Gasteiger charge is -2.33. The smallest absolute Gasteiger partial charge is 0.264 e. The number of anilines is 1. The monoisotopic (exact) mass is 619 g/mol. The lowest BCUT2D eigenvalue weighted by molar-refractivity contribution is -0.139.